The van der Waals surface area contributed by atoms with Crippen molar-refractivity contribution in [3.63, 3.8) is 0 Å². The maximum absolute atomic E-state index is 5.81. The number of hydrogen-bond donors (Lipinski definition) is 2. The Morgan fingerprint density at radius 1 is 1.38 bits per heavy atom. The number of rotatable bonds is 4. The molecule has 2 unspecified atom stereocenters. The van der Waals surface area contributed by atoms with Gasteiger partial charge in [-0.15, -0.1) is 0 Å². The van der Waals surface area contributed by atoms with E-state index in [4.69, 9.17) is 5.73 Å². The topological polar surface area (TPSA) is 38.0 Å². The molecule has 0 bridgehead atoms. The number of nitrogens with two attached hydrogens (primary N) is 1. The molecule has 3 N–H and O–H groups in total. The lowest BCUT2D eigenvalue weighted by molar-refractivity contribution is 0.122. The Morgan fingerprint density at radius 3 is 2.38 bits per heavy atom. The van der Waals surface area contributed by atoms with E-state index in [2.05, 4.69) is 19.2 Å². The quantitative estimate of drug-likeness (QED) is 0.689. The fourth-order valence-corrected chi connectivity index (χ4v) is 2.69. The Balaban J connectivity index is 1.72. The number of nitrogens with one attached hydrogen (secondary N) is 1. The standard InChI is InChI=1S/C11H22N2/c1-8-4-11(5-8,7-12)13-6-10-3-9(10)2/h8-10,13H,3-7,12H2,1-2H3. The summed E-state index contributed by atoms with van der Waals surface area (Å²) in [6.07, 6.45) is 3.98. The summed E-state index contributed by atoms with van der Waals surface area (Å²) < 4.78 is 0. The molecule has 0 radical (unpaired) electrons. The van der Waals surface area contributed by atoms with Crippen molar-refractivity contribution in [2.45, 2.75) is 38.6 Å². The molecule has 0 aromatic heterocycles. The van der Waals surface area contributed by atoms with Crippen LogP contribution in [0.2, 0.25) is 0 Å². The summed E-state index contributed by atoms with van der Waals surface area (Å²) in [6, 6.07) is 0. The third kappa shape index (κ3) is 1.89. The Kier molecular flexibility index (Phi) is 2.37. The van der Waals surface area contributed by atoms with Gasteiger partial charge in [-0.2, -0.15) is 0 Å². The molecule has 13 heavy (non-hydrogen) atoms. The van der Waals surface area contributed by atoms with Gasteiger partial charge in [0.1, 0.15) is 0 Å². The molecule has 2 fully saturated rings. The van der Waals surface area contributed by atoms with Crippen molar-refractivity contribution >= 4 is 0 Å². The van der Waals surface area contributed by atoms with Gasteiger partial charge in [-0.05, 0) is 43.6 Å². The zero-order valence-corrected chi connectivity index (χ0v) is 8.84. The Labute approximate surface area is 81.3 Å². The van der Waals surface area contributed by atoms with Crippen LogP contribution in [0.15, 0.2) is 0 Å². The van der Waals surface area contributed by atoms with Crippen LogP contribution in [-0.4, -0.2) is 18.6 Å². The molecule has 0 aliphatic heterocycles. The van der Waals surface area contributed by atoms with Gasteiger partial charge in [0.2, 0.25) is 0 Å². The zero-order chi connectivity index (χ0) is 9.47. The highest BCUT2D eigenvalue weighted by molar-refractivity contribution is 5.01. The lowest BCUT2D eigenvalue weighted by atomic mass is 9.69. The van der Waals surface area contributed by atoms with Crippen LogP contribution in [-0.2, 0) is 0 Å². The molecule has 0 amide bonds. The van der Waals surface area contributed by atoms with E-state index in [0.29, 0.717) is 5.54 Å². The van der Waals surface area contributed by atoms with Crippen molar-refractivity contribution in [2.75, 3.05) is 13.1 Å². The second-order valence-electron chi connectivity index (χ2n) is 5.35. The van der Waals surface area contributed by atoms with Crippen LogP contribution in [0, 0.1) is 17.8 Å². The van der Waals surface area contributed by atoms with E-state index in [9.17, 15) is 0 Å². The minimum absolute atomic E-state index is 0.321. The lowest BCUT2D eigenvalue weighted by Crippen LogP contribution is -2.59. The molecule has 2 atom stereocenters. The summed E-state index contributed by atoms with van der Waals surface area (Å²) in [7, 11) is 0. The van der Waals surface area contributed by atoms with Gasteiger partial charge in [0.15, 0.2) is 0 Å². The molecule has 0 heterocycles. The monoisotopic (exact) mass is 182 g/mol. The van der Waals surface area contributed by atoms with Gasteiger partial charge >= 0.3 is 0 Å². The Morgan fingerprint density at radius 2 is 2.00 bits per heavy atom. The normalized spacial score (nSPS) is 48.7. The molecular formula is C11H22N2. The van der Waals surface area contributed by atoms with E-state index in [1.165, 1.54) is 25.8 Å². The Bertz CT molecular complexity index is 185. The molecule has 2 heteroatoms. The molecule has 76 valence electrons. The van der Waals surface area contributed by atoms with Crippen LogP contribution < -0.4 is 11.1 Å². The molecule has 0 aromatic carbocycles. The van der Waals surface area contributed by atoms with E-state index < -0.39 is 0 Å². The van der Waals surface area contributed by atoms with Gasteiger partial charge in [0.25, 0.3) is 0 Å². The molecule has 2 saturated carbocycles. The maximum Gasteiger partial charge on any atom is 0.0309 e. The highest BCUT2D eigenvalue weighted by Crippen LogP contribution is 2.40. The van der Waals surface area contributed by atoms with Crippen molar-refractivity contribution in [1.82, 2.24) is 5.32 Å². The van der Waals surface area contributed by atoms with Crippen molar-refractivity contribution < 1.29 is 0 Å². The van der Waals surface area contributed by atoms with E-state index >= 15 is 0 Å². The van der Waals surface area contributed by atoms with Crippen LogP contribution in [0.25, 0.3) is 0 Å². The van der Waals surface area contributed by atoms with E-state index in [-0.39, 0.29) is 0 Å². The molecule has 2 aliphatic carbocycles. The molecule has 2 aliphatic rings. The summed E-state index contributed by atoms with van der Waals surface area (Å²) in [5.41, 5.74) is 6.13. The second kappa shape index (κ2) is 3.25. The zero-order valence-electron chi connectivity index (χ0n) is 8.84. The van der Waals surface area contributed by atoms with Crippen molar-refractivity contribution in [3.05, 3.63) is 0 Å². The van der Waals surface area contributed by atoms with Crippen molar-refractivity contribution in [1.29, 1.82) is 0 Å². The average Bonchev–Trinajstić information content (AvgIpc) is 2.74. The number of hydrogen-bond acceptors (Lipinski definition) is 2. The molecule has 2 rings (SSSR count). The van der Waals surface area contributed by atoms with E-state index in [1.54, 1.807) is 0 Å². The van der Waals surface area contributed by atoms with Gasteiger partial charge in [0.05, 0.1) is 0 Å². The van der Waals surface area contributed by atoms with Crippen LogP contribution in [0.4, 0.5) is 0 Å². The summed E-state index contributed by atoms with van der Waals surface area (Å²) in [6.45, 7) is 6.67. The minimum Gasteiger partial charge on any atom is -0.329 e. The first kappa shape index (κ1) is 9.47. The Hall–Kier alpha value is -0.0800. The first-order valence-corrected chi connectivity index (χ1v) is 5.60. The molecule has 0 saturated heterocycles. The van der Waals surface area contributed by atoms with Crippen LogP contribution in [0.3, 0.4) is 0 Å². The van der Waals surface area contributed by atoms with Crippen LogP contribution in [0.1, 0.15) is 33.1 Å². The van der Waals surface area contributed by atoms with Gasteiger partial charge in [-0.1, -0.05) is 13.8 Å². The SMILES string of the molecule is CC1CC(CN)(NCC2CC2C)C1. The average molecular weight is 182 g/mol. The molecule has 0 aromatic rings. The van der Waals surface area contributed by atoms with Gasteiger partial charge < -0.3 is 11.1 Å². The summed E-state index contributed by atoms with van der Waals surface area (Å²) in [5, 5.41) is 3.68. The van der Waals surface area contributed by atoms with Gasteiger partial charge in [0, 0.05) is 12.1 Å². The smallest absolute Gasteiger partial charge is 0.0309 e. The van der Waals surface area contributed by atoms with Crippen molar-refractivity contribution in [2.24, 2.45) is 23.5 Å². The molecular weight excluding hydrogens is 160 g/mol. The molecule has 2 nitrogen and oxygen atoms in total. The third-order valence-corrected chi connectivity index (χ3v) is 3.88. The second-order valence-corrected chi connectivity index (χ2v) is 5.35. The van der Waals surface area contributed by atoms with Crippen LogP contribution >= 0.6 is 0 Å². The van der Waals surface area contributed by atoms with Gasteiger partial charge in [-0.3, -0.25) is 0 Å². The first-order valence-electron chi connectivity index (χ1n) is 5.60. The van der Waals surface area contributed by atoms with Gasteiger partial charge in [-0.25, -0.2) is 0 Å². The van der Waals surface area contributed by atoms with E-state index in [0.717, 1.165) is 24.3 Å². The van der Waals surface area contributed by atoms with E-state index in [1.807, 2.05) is 0 Å². The maximum atomic E-state index is 5.81. The van der Waals surface area contributed by atoms with Crippen molar-refractivity contribution in [3.8, 4) is 0 Å². The highest BCUT2D eigenvalue weighted by atomic mass is 15.0. The largest absolute Gasteiger partial charge is 0.329 e. The third-order valence-electron chi connectivity index (χ3n) is 3.88. The highest BCUT2D eigenvalue weighted by Gasteiger charge is 2.42. The predicted octanol–water partition coefficient (Wildman–Crippen LogP) is 1.36. The molecule has 0 spiro atoms. The first-order chi connectivity index (χ1) is 6.15. The fraction of sp³-hybridized carbons (Fsp3) is 1.00. The lowest BCUT2D eigenvalue weighted by Gasteiger charge is -2.47. The summed E-state index contributed by atoms with van der Waals surface area (Å²) >= 11 is 0. The summed E-state index contributed by atoms with van der Waals surface area (Å²) in [5.74, 6) is 2.78. The minimum atomic E-state index is 0.321. The predicted molar refractivity (Wildman–Crippen MR) is 55.5 cm³/mol. The van der Waals surface area contributed by atoms with Crippen LogP contribution in [0.5, 0.6) is 0 Å². The fourth-order valence-electron chi connectivity index (χ4n) is 2.69. The summed E-state index contributed by atoms with van der Waals surface area (Å²) in [4.78, 5) is 0.